The summed E-state index contributed by atoms with van der Waals surface area (Å²) < 4.78 is 4.95. The number of hydrogen-bond donors (Lipinski definition) is 1. The van der Waals surface area contributed by atoms with Gasteiger partial charge in [0.25, 0.3) is 0 Å². The number of esters is 1. The average molecular weight is 214 g/mol. The smallest absolute Gasteiger partial charge is 0.333 e. The normalized spacial score (nSPS) is 14.4. The molecule has 1 N–H and O–H groups in total. The van der Waals surface area contributed by atoms with Gasteiger partial charge in [-0.1, -0.05) is 26.8 Å². The first-order valence-corrected chi connectivity index (χ1v) is 5.50. The molecule has 0 amide bonds. The molecule has 1 unspecified atom stereocenters. The SMILES string of the molecule is C=C(C)C(=O)OCCC(O)(CC)CCC. The van der Waals surface area contributed by atoms with Crippen LogP contribution in [0.1, 0.15) is 46.5 Å². The molecule has 0 radical (unpaired) electrons. The molecule has 0 aliphatic carbocycles. The molecule has 15 heavy (non-hydrogen) atoms. The summed E-state index contributed by atoms with van der Waals surface area (Å²) in [6.07, 6.45) is 2.86. The Morgan fingerprint density at radius 1 is 1.40 bits per heavy atom. The second-order valence-electron chi connectivity index (χ2n) is 3.99. The molecule has 0 aromatic heterocycles. The minimum absolute atomic E-state index is 0.260. The van der Waals surface area contributed by atoms with Gasteiger partial charge in [-0.05, 0) is 19.8 Å². The van der Waals surface area contributed by atoms with Crippen LogP contribution in [0.2, 0.25) is 0 Å². The van der Waals surface area contributed by atoms with Gasteiger partial charge in [0, 0.05) is 12.0 Å². The van der Waals surface area contributed by atoms with E-state index in [9.17, 15) is 9.90 Å². The maximum atomic E-state index is 11.1. The van der Waals surface area contributed by atoms with E-state index in [4.69, 9.17) is 4.74 Å². The van der Waals surface area contributed by atoms with E-state index in [1.54, 1.807) is 6.92 Å². The van der Waals surface area contributed by atoms with Crippen LogP contribution in [0.3, 0.4) is 0 Å². The molecule has 0 rings (SSSR count). The summed E-state index contributed by atoms with van der Waals surface area (Å²) in [5.74, 6) is -0.384. The van der Waals surface area contributed by atoms with Gasteiger partial charge in [0.1, 0.15) is 0 Å². The molecule has 0 spiro atoms. The number of ether oxygens (including phenoxy) is 1. The third kappa shape index (κ3) is 5.57. The lowest BCUT2D eigenvalue weighted by atomic mass is 9.92. The highest BCUT2D eigenvalue weighted by Gasteiger charge is 2.23. The Kier molecular flexibility index (Phi) is 6.25. The van der Waals surface area contributed by atoms with Gasteiger partial charge in [0.2, 0.25) is 0 Å². The highest BCUT2D eigenvalue weighted by molar-refractivity contribution is 5.86. The van der Waals surface area contributed by atoms with Crippen LogP contribution in [-0.2, 0) is 9.53 Å². The average Bonchev–Trinajstić information content (AvgIpc) is 2.18. The fourth-order valence-corrected chi connectivity index (χ4v) is 1.40. The third-order valence-electron chi connectivity index (χ3n) is 2.52. The highest BCUT2D eigenvalue weighted by Crippen LogP contribution is 2.21. The number of carbonyl (C=O) groups is 1. The second kappa shape index (κ2) is 6.62. The topological polar surface area (TPSA) is 46.5 Å². The van der Waals surface area contributed by atoms with Gasteiger partial charge in [0.05, 0.1) is 12.2 Å². The zero-order valence-corrected chi connectivity index (χ0v) is 10.0. The van der Waals surface area contributed by atoms with E-state index in [2.05, 4.69) is 6.58 Å². The molecule has 3 heteroatoms. The molecule has 0 saturated heterocycles. The lowest BCUT2D eigenvalue weighted by Crippen LogP contribution is -2.29. The summed E-state index contributed by atoms with van der Waals surface area (Å²) in [5.41, 5.74) is -0.296. The van der Waals surface area contributed by atoms with Crippen molar-refractivity contribution in [3.05, 3.63) is 12.2 Å². The first-order chi connectivity index (χ1) is 6.95. The number of carbonyl (C=O) groups excluding carboxylic acids is 1. The lowest BCUT2D eigenvalue weighted by Gasteiger charge is -2.25. The van der Waals surface area contributed by atoms with Crippen LogP contribution in [0.5, 0.6) is 0 Å². The van der Waals surface area contributed by atoms with Gasteiger partial charge in [-0.2, -0.15) is 0 Å². The van der Waals surface area contributed by atoms with E-state index >= 15 is 0 Å². The molecule has 0 saturated carbocycles. The Morgan fingerprint density at radius 2 is 2.00 bits per heavy atom. The van der Waals surface area contributed by atoms with Gasteiger partial charge < -0.3 is 9.84 Å². The van der Waals surface area contributed by atoms with Gasteiger partial charge >= 0.3 is 5.97 Å². The maximum absolute atomic E-state index is 11.1. The summed E-state index contributed by atoms with van der Waals surface area (Å²) >= 11 is 0. The van der Waals surface area contributed by atoms with Gasteiger partial charge in [0.15, 0.2) is 0 Å². The first-order valence-electron chi connectivity index (χ1n) is 5.50. The summed E-state index contributed by atoms with van der Waals surface area (Å²) in [6, 6.07) is 0. The summed E-state index contributed by atoms with van der Waals surface area (Å²) in [6.45, 7) is 9.33. The van der Waals surface area contributed by atoms with E-state index in [0.717, 1.165) is 12.8 Å². The minimum Gasteiger partial charge on any atom is -0.462 e. The monoisotopic (exact) mass is 214 g/mol. The van der Waals surface area contributed by atoms with Crippen LogP contribution < -0.4 is 0 Å². The van der Waals surface area contributed by atoms with Crippen LogP contribution in [-0.4, -0.2) is 23.3 Å². The van der Waals surface area contributed by atoms with Gasteiger partial charge in [-0.25, -0.2) is 4.79 Å². The predicted molar refractivity (Wildman–Crippen MR) is 60.5 cm³/mol. The van der Waals surface area contributed by atoms with Crippen molar-refractivity contribution < 1.29 is 14.6 Å². The molecule has 0 bridgehead atoms. The second-order valence-corrected chi connectivity index (χ2v) is 3.99. The van der Waals surface area contributed by atoms with E-state index in [1.807, 2.05) is 13.8 Å². The Hall–Kier alpha value is -0.830. The standard InChI is InChI=1S/C12H22O3/c1-5-7-12(14,6-2)8-9-15-11(13)10(3)4/h14H,3,5-9H2,1-2,4H3. The molecular weight excluding hydrogens is 192 g/mol. The zero-order valence-electron chi connectivity index (χ0n) is 10.0. The third-order valence-corrected chi connectivity index (χ3v) is 2.52. The summed E-state index contributed by atoms with van der Waals surface area (Å²) in [5, 5.41) is 10.1. The molecular formula is C12H22O3. The fourth-order valence-electron chi connectivity index (χ4n) is 1.40. The summed E-state index contributed by atoms with van der Waals surface area (Å²) in [7, 11) is 0. The lowest BCUT2D eigenvalue weighted by molar-refractivity contribution is -0.140. The number of hydrogen-bond acceptors (Lipinski definition) is 3. The van der Waals surface area contributed by atoms with Gasteiger partial charge in [-0.15, -0.1) is 0 Å². The van der Waals surface area contributed by atoms with Crippen molar-refractivity contribution in [2.45, 2.75) is 52.1 Å². The number of aliphatic hydroxyl groups is 1. The van der Waals surface area contributed by atoms with Crippen molar-refractivity contribution >= 4 is 5.97 Å². The van der Waals surface area contributed by atoms with Crippen molar-refractivity contribution in [1.29, 1.82) is 0 Å². The van der Waals surface area contributed by atoms with Gasteiger partial charge in [-0.3, -0.25) is 0 Å². The van der Waals surface area contributed by atoms with Crippen LogP contribution in [0.4, 0.5) is 0 Å². The quantitative estimate of drug-likeness (QED) is 0.523. The molecule has 0 fully saturated rings. The Morgan fingerprint density at radius 3 is 2.40 bits per heavy atom. The van der Waals surface area contributed by atoms with Crippen molar-refractivity contribution in [3.8, 4) is 0 Å². The molecule has 0 aliphatic rings. The van der Waals surface area contributed by atoms with E-state index < -0.39 is 5.60 Å². The van der Waals surface area contributed by atoms with Crippen molar-refractivity contribution in [3.63, 3.8) is 0 Å². The van der Waals surface area contributed by atoms with Crippen molar-refractivity contribution in [2.24, 2.45) is 0 Å². The van der Waals surface area contributed by atoms with E-state index in [-0.39, 0.29) is 12.6 Å². The molecule has 0 heterocycles. The molecule has 0 aromatic carbocycles. The Labute approximate surface area is 92.1 Å². The fraction of sp³-hybridized carbons (Fsp3) is 0.750. The minimum atomic E-state index is -0.690. The van der Waals surface area contributed by atoms with E-state index in [0.29, 0.717) is 18.4 Å². The molecule has 3 nitrogen and oxygen atoms in total. The highest BCUT2D eigenvalue weighted by atomic mass is 16.5. The molecule has 0 aromatic rings. The largest absolute Gasteiger partial charge is 0.462 e. The maximum Gasteiger partial charge on any atom is 0.333 e. The first kappa shape index (κ1) is 14.2. The number of rotatable bonds is 7. The van der Waals surface area contributed by atoms with E-state index in [1.165, 1.54) is 0 Å². The van der Waals surface area contributed by atoms with Crippen LogP contribution >= 0.6 is 0 Å². The van der Waals surface area contributed by atoms with Crippen molar-refractivity contribution in [1.82, 2.24) is 0 Å². The summed E-state index contributed by atoms with van der Waals surface area (Å²) in [4.78, 5) is 11.1. The Bertz CT molecular complexity index is 223. The predicted octanol–water partition coefficient (Wildman–Crippen LogP) is 2.44. The zero-order chi connectivity index (χ0) is 11.9. The molecule has 1 atom stereocenters. The molecule has 88 valence electrons. The van der Waals surface area contributed by atoms with Crippen LogP contribution in [0, 0.1) is 0 Å². The Balaban J connectivity index is 3.91. The van der Waals surface area contributed by atoms with Crippen LogP contribution in [0.25, 0.3) is 0 Å². The van der Waals surface area contributed by atoms with Crippen LogP contribution in [0.15, 0.2) is 12.2 Å². The van der Waals surface area contributed by atoms with Crippen molar-refractivity contribution in [2.75, 3.05) is 6.61 Å². The molecule has 0 aliphatic heterocycles.